The van der Waals surface area contributed by atoms with Crippen LogP contribution in [0.4, 0.5) is 11.4 Å². The third kappa shape index (κ3) is 3.10. The standard InChI is InChI=1S/C13H15N3O5/c1-14-5-2-6-15(8-12(14)17)9-3-4-11(16(20)21)10(7-9)13(18)19/h3-4,7H,2,5-6,8H2,1H3,(H,18,19). The highest BCUT2D eigenvalue weighted by Crippen LogP contribution is 2.26. The monoisotopic (exact) mass is 293 g/mol. The molecule has 0 aliphatic carbocycles. The van der Waals surface area contributed by atoms with Crippen molar-refractivity contribution in [1.82, 2.24) is 4.90 Å². The maximum Gasteiger partial charge on any atom is 0.342 e. The van der Waals surface area contributed by atoms with Gasteiger partial charge in [-0.05, 0) is 18.6 Å². The lowest BCUT2D eigenvalue weighted by Gasteiger charge is -2.22. The third-order valence-electron chi connectivity index (χ3n) is 3.45. The van der Waals surface area contributed by atoms with Gasteiger partial charge in [-0.3, -0.25) is 14.9 Å². The fourth-order valence-electron chi connectivity index (χ4n) is 2.26. The van der Waals surface area contributed by atoms with E-state index in [9.17, 15) is 19.7 Å². The summed E-state index contributed by atoms with van der Waals surface area (Å²) in [6.45, 7) is 1.36. The smallest absolute Gasteiger partial charge is 0.342 e. The molecular formula is C13H15N3O5. The summed E-state index contributed by atoms with van der Waals surface area (Å²) in [4.78, 5) is 36.5. The highest BCUT2D eigenvalue weighted by molar-refractivity contribution is 5.94. The number of carboxylic acid groups (broad SMARTS) is 1. The predicted molar refractivity (Wildman–Crippen MR) is 74.5 cm³/mol. The molecule has 1 aromatic rings. The van der Waals surface area contributed by atoms with Crippen molar-refractivity contribution in [3.8, 4) is 0 Å². The van der Waals surface area contributed by atoms with Gasteiger partial charge in [0.05, 0.1) is 11.5 Å². The number of nitro groups is 1. The molecule has 0 saturated carbocycles. The lowest BCUT2D eigenvalue weighted by molar-refractivity contribution is -0.385. The molecule has 1 heterocycles. The van der Waals surface area contributed by atoms with Crippen LogP contribution >= 0.6 is 0 Å². The maximum absolute atomic E-state index is 11.9. The maximum atomic E-state index is 11.9. The van der Waals surface area contributed by atoms with Gasteiger partial charge in [0.1, 0.15) is 5.56 Å². The van der Waals surface area contributed by atoms with Gasteiger partial charge < -0.3 is 14.9 Å². The second-order valence-electron chi connectivity index (χ2n) is 4.85. The SMILES string of the molecule is CN1CCCN(c2ccc([N+](=O)[O-])c(C(=O)O)c2)CC1=O. The zero-order valence-electron chi connectivity index (χ0n) is 11.5. The Morgan fingerprint density at radius 3 is 2.71 bits per heavy atom. The molecule has 0 radical (unpaired) electrons. The van der Waals surface area contributed by atoms with Gasteiger partial charge in [0.15, 0.2) is 0 Å². The molecule has 2 rings (SSSR count). The quantitative estimate of drug-likeness (QED) is 0.657. The molecule has 1 amide bonds. The van der Waals surface area contributed by atoms with Gasteiger partial charge in [-0.25, -0.2) is 4.79 Å². The first kappa shape index (κ1) is 14.8. The van der Waals surface area contributed by atoms with E-state index in [1.807, 2.05) is 0 Å². The number of carbonyl (C=O) groups excluding carboxylic acids is 1. The first-order valence-corrected chi connectivity index (χ1v) is 6.41. The summed E-state index contributed by atoms with van der Waals surface area (Å²) in [6, 6.07) is 3.89. The summed E-state index contributed by atoms with van der Waals surface area (Å²) in [7, 11) is 1.71. The van der Waals surface area contributed by atoms with Gasteiger partial charge in [-0.1, -0.05) is 0 Å². The van der Waals surface area contributed by atoms with Crippen molar-refractivity contribution in [3.63, 3.8) is 0 Å². The number of hydrogen-bond donors (Lipinski definition) is 1. The molecule has 21 heavy (non-hydrogen) atoms. The number of nitro benzene ring substituents is 1. The van der Waals surface area contributed by atoms with Gasteiger partial charge in [0, 0.05) is 31.9 Å². The van der Waals surface area contributed by atoms with Crippen LogP contribution in [0.2, 0.25) is 0 Å². The molecule has 0 atom stereocenters. The minimum Gasteiger partial charge on any atom is -0.477 e. The minimum absolute atomic E-state index is 0.0669. The number of rotatable bonds is 3. The van der Waals surface area contributed by atoms with Crippen LogP contribution in [-0.4, -0.2) is 53.5 Å². The molecule has 0 aromatic heterocycles. The Labute approximate surface area is 120 Å². The Balaban J connectivity index is 2.36. The topological polar surface area (TPSA) is 104 Å². The lowest BCUT2D eigenvalue weighted by atomic mass is 10.1. The van der Waals surface area contributed by atoms with E-state index in [0.29, 0.717) is 18.8 Å². The number of anilines is 1. The van der Waals surface area contributed by atoms with E-state index in [-0.39, 0.29) is 18.0 Å². The number of benzene rings is 1. The van der Waals surface area contributed by atoms with Crippen molar-refractivity contribution in [2.45, 2.75) is 6.42 Å². The molecule has 1 aromatic carbocycles. The van der Waals surface area contributed by atoms with Crippen LogP contribution in [0, 0.1) is 10.1 Å². The van der Waals surface area contributed by atoms with Crippen molar-refractivity contribution >= 4 is 23.3 Å². The molecule has 1 N–H and O–H groups in total. The molecule has 1 fully saturated rings. The largest absolute Gasteiger partial charge is 0.477 e. The van der Waals surface area contributed by atoms with E-state index in [4.69, 9.17) is 5.11 Å². The zero-order valence-corrected chi connectivity index (χ0v) is 11.5. The van der Waals surface area contributed by atoms with E-state index >= 15 is 0 Å². The average Bonchev–Trinajstić information content (AvgIpc) is 2.60. The van der Waals surface area contributed by atoms with Crippen molar-refractivity contribution < 1.29 is 19.6 Å². The van der Waals surface area contributed by atoms with E-state index in [0.717, 1.165) is 12.5 Å². The summed E-state index contributed by atoms with van der Waals surface area (Å²) in [5.41, 5.74) is -0.325. The molecule has 1 aliphatic rings. The highest BCUT2D eigenvalue weighted by atomic mass is 16.6. The minimum atomic E-state index is -1.36. The summed E-state index contributed by atoms with van der Waals surface area (Å²) in [5, 5.41) is 19.9. The second-order valence-corrected chi connectivity index (χ2v) is 4.85. The number of carboxylic acids is 1. The van der Waals surface area contributed by atoms with Crippen LogP contribution < -0.4 is 4.90 Å². The molecule has 0 unspecified atom stereocenters. The van der Waals surface area contributed by atoms with Crippen LogP contribution in [0.3, 0.4) is 0 Å². The Bertz CT molecular complexity index is 601. The van der Waals surface area contributed by atoms with E-state index in [1.54, 1.807) is 16.8 Å². The van der Waals surface area contributed by atoms with Crippen molar-refractivity contribution in [3.05, 3.63) is 33.9 Å². The second kappa shape index (κ2) is 5.78. The molecule has 8 heteroatoms. The Kier molecular flexibility index (Phi) is 4.06. The van der Waals surface area contributed by atoms with E-state index in [2.05, 4.69) is 0 Å². The average molecular weight is 293 g/mol. The van der Waals surface area contributed by atoms with Gasteiger partial charge in [-0.2, -0.15) is 0 Å². The van der Waals surface area contributed by atoms with Crippen LogP contribution in [0.15, 0.2) is 18.2 Å². The van der Waals surface area contributed by atoms with Crippen LogP contribution in [0.1, 0.15) is 16.8 Å². The number of amides is 1. The highest BCUT2D eigenvalue weighted by Gasteiger charge is 2.24. The molecule has 112 valence electrons. The summed E-state index contributed by atoms with van der Waals surface area (Å²) in [6.07, 6.45) is 0.752. The van der Waals surface area contributed by atoms with E-state index in [1.165, 1.54) is 12.1 Å². The molecule has 8 nitrogen and oxygen atoms in total. The molecule has 1 aliphatic heterocycles. The van der Waals surface area contributed by atoms with Gasteiger partial charge in [-0.15, -0.1) is 0 Å². The van der Waals surface area contributed by atoms with Crippen LogP contribution in [-0.2, 0) is 4.79 Å². The van der Waals surface area contributed by atoms with Crippen LogP contribution in [0.25, 0.3) is 0 Å². The van der Waals surface area contributed by atoms with E-state index < -0.39 is 16.6 Å². The Hall–Kier alpha value is -2.64. The molecule has 0 spiro atoms. The third-order valence-corrected chi connectivity index (χ3v) is 3.45. The number of likely N-dealkylation sites (N-methyl/N-ethyl adjacent to an activating group) is 1. The number of nitrogens with zero attached hydrogens (tertiary/aromatic N) is 3. The fraction of sp³-hybridized carbons (Fsp3) is 0.385. The summed E-state index contributed by atoms with van der Waals surface area (Å²) in [5.74, 6) is -1.43. The molecule has 0 bridgehead atoms. The Morgan fingerprint density at radius 1 is 1.38 bits per heavy atom. The first-order chi connectivity index (χ1) is 9.90. The normalized spacial score (nSPS) is 15.8. The molecular weight excluding hydrogens is 278 g/mol. The van der Waals surface area contributed by atoms with Gasteiger partial charge in [0.25, 0.3) is 5.69 Å². The van der Waals surface area contributed by atoms with Crippen molar-refractivity contribution in [2.24, 2.45) is 0 Å². The number of aromatic carboxylic acids is 1. The number of hydrogen-bond acceptors (Lipinski definition) is 5. The lowest BCUT2D eigenvalue weighted by Crippen LogP contribution is -2.34. The summed E-state index contributed by atoms with van der Waals surface area (Å²) < 4.78 is 0. The molecule has 1 saturated heterocycles. The van der Waals surface area contributed by atoms with Crippen molar-refractivity contribution in [2.75, 3.05) is 31.6 Å². The summed E-state index contributed by atoms with van der Waals surface area (Å²) >= 11 is 0. The van der Waals surface area contributed by atoms with Crippen LogP contribution in [0.5, 0.6) is 0 Å². The predicted octanol–water partition coefficient (Wildman–Crippen LogP) is 0.961. The first-order valence-electron chi connectivity index (χ1n) is 6.41. The number of carbonyl (C=O) groups is 2. The zero-order chi connectivity index (χ0) is 15.6. The van der Waals surface area contributed by atoms with Gasteiger partial charge in [0.2, 0.25) is 5.91 Å². The fourth-order valence-corrected chi connectivity index (χ4v) is 2.26. The Morgan fingerprint density at radius 2 is 2.10 bits per heavy atom. The van der Waals surface area contributed by atoms with Gasteiger partial charge >= 0.3 is 5.97 Å². The van der Waals surface area contributed by atoms with Crippen molar-refractivity contribution in [1.29, 1.82) is 0 Å².